The Kier molecular flexibility index (Phi) is 15.5. The number of unbranched alkanes of at least 4 members (excludes halogenated alkanes) is 9. The van der Waals surface area contributed by atoms with Crippen LogP contribution in [-0.2, 0) is 25.6 Å². The molecule has 0 bridgehead atoms. The van der Waals surface area contributed by atoms with E-state index in [1.165, 1.54) is 77.2 Å². The van der Waals surface area contributed by atoms with Crippen molar-refractivity contribution in [3.63, 3.8) is 0 Å². The van der Waals surface area contributed by atoms with Crippen molar-refractivity contribution in [2.75, 3.05) is 32.8 Å². The molecule has 0 spiro atoms. The fourth-order valence-electron chi connectivity index (χ4n) is 4.24. The van der Waals surface area contributed by atoms with Crippen LogP contribution in [0.2, 0.25) is 0 Å². The summed E-state index contributed by atoms with van der Waals surface area (Å²) in [6, 6.07) is 10.4. The first-order valence-corrected chi connectivity index (χ1v) is 12.6. The van der Waals surface area contributed by atoms with Gasteiger partial charge in [0.05, 0.1) is 6.54 Å². The second-order valence-corrected chi connectivity index (χ2v) is 9.02. The Labute approximate surface area is 196 Å². The van der Waals surface area contributed by atoms with E-state index in [1.54, 1.807) is 0 Å². The van der Waals surface area contributed by atoms with Gasteiger partial charge in [0, 0.05) is 19.4 Å². The monoisotopic (exact) mass is 448 g/mol. The number of hydrogen-bond acceptors (Lipinski definition) is 4. The Morgan fingerprint density at radius 2 is 1.16 bits per heavy atom. The minimum Gasteiger partial charge on any atom is -0.460 e. The van der Waals surface area contributed by atoms with Gasteiger partial charge >= 0.3 is 11.9 Å². The van der Waals surface area contributed by atoms with E-state index in [0.29, 0.717) is 13.2 Å². The van der Waals surface area contributed by atoms with Crippen molar-refractivity contribution in [2.24, 2.45) is 0 Å². The number of benzene rings is 1. The van der Waals surface area contributed by atoms with Gasteiger partial charge in [0.25, 0.3) is 0 Å². The average molecular weight is 449 g/mol. The molecule has 32 heavy (non-hydrogen) atoms. The van der Waals surface area contributed by atoms with Gasteiger partial charge in [-0.05, 0) is 12.8 Å². The fourth-order valence-corrected chi connectivity index (χ4v) is 4.24. The third-order valence-corrected chi connectivity index (χ3v) is 6.09. The summed E-state index contributed by atoms with van der Waals surface area (Å²) in [6.07, 6.45) is 13.0. The van der Waals surface area contributed by atoms with Crippen LogP contribution >= 0.6 is 0 Å². The molecular weight excluding hydrogens is 402 g/mol. The Bertz CT molecular complexity index is 597. The molecule has 0 radical (unpaired) electrons. The summed E-state index contributed by atoms with van der Waals surface area (Å²) in [6.45, 7) is 9.24. The molecule has 0 saturated carbocycles. The van der Waals surface area contributed by atoms with Crippen molar-refractivity contribution in [2.45, 2.75) is 91.5 Å². The normalized spacial score (nSPS) is 11.3. The third-order valence-electron chi connectivity index (χ3n) is 6.09. The quantitative estimate of drug-likeness (QED) is 0.147. The smallest absolute Gasteiger partial charge is 0.302 e. The van der Waals surface area contributed by atoms with Crippen LogP contribution in [0.25, 0.3) is 0 Å². The minimum absolute atomic E-state index is 0.248. The van der Waals surface area contributed by atoms with Gasteiger partial charge < -0.3 is 14.0 Å². The molecule has 0 amide bonds. The van der Waals surface area contributed by atoms with Crippen molar-refractivity contribution in [3.8, 4) is 0 Å². The largest absolute Gasteiger partial charge is 0.460 e. The molecule has 0 aliphatic carbocycles. The van der Waals surface area contributed by atoms with Crippen LogP contribution in [0.3, 0.4) is 0 Å². The SMILES string of the molecule is CCCCCCCCCCCC[N+](CCOC(C)=O)(CCOC(C)=O)Cc1ccccc1. The Morgan fingerprint density at radius 3 is 1.62 bits per heavy atom. The van der Waals surface area contributed by atoms with Crippen molar-refractivity contribution in [3.05, 3.63) is 35.9 Å². The van der Waals surface area contributed by atoms with Gasteiger partial charge in [0.1, 0.15) is 32.8 Å². The summed E-state index contributed by atoms with van der Waals surface area (Å²) in [4.78, 5) is 22.7. The number of nitrogens with zero attached hydrogens (tertiary/aromatic N) is 1. The summed E-state index contributed by atoms with van der Waals surface area (Å²) in [5.41, 5.74) is 1.25. The highest BCUT2D eigenvalue weighted by Gasteiger charge is 2.28. The van der Waals surface area contributed by atoms with Crippen LogP contribution < -0.4 is 0 Å². The maximum absolute atomic E-state index is 11.3. The van der Waals surface area contributed by atoms with Gasteiger partial charge in [-0.15, -0.1) is 0 Å². The van der Waals surface area contributed by atoms with Crippen molar-refractivity contribution >= 4 is 11.9 Å². The second-order valence-electron chi connectivity index (χ2n) is 9.02. The first-order valence-electron chi connectivity index (χ1n) is 12.6. The molecule has 1 aromatic carbocycles. The van der Waals surface area contributed by atoms with Crippen LogP contribution in [-0.4, -0.2) is 49.3 Å². The molecule has 5 nitrogen and oxygen atoms in total. The van der Waals surface area contributed by atoms with Gasteiger partial charge in [-0.3, -0.25) is 9.59 Å². The van der Waals surface area contributed by atoms with Crippen molar-refractivity contribution in [1.29, 1.82) is 0 Å². The van der Waals surface area contributed by atoms with Crippen molar-refractivity contribution in [1.82, 2.24) is 0 Å². The lowest BCUT2D eigenvalue weighted by Gasteiger charge is -2.38. The van der Waals surface area contributed by atoms with Gasteiger partial charge in [-0.1, -0.05) is 88.6 Å². The lowest BCUT2D eigenvalue weighted by Crippen LogP contribution is -2.52. The first-order chi connectivity index (χ1) is 15.5. The minimum atomic E-state index is -0.248. The van der Waals surface area contributed by atoms with E-state index in [-0.39, 0.29) is 11.9 Å². The first kappa shape index (κ1) is 28.2. The summed E-state index contributed by atoms with van der Waals surface area (Å²) < 4.78 is 11.4. The highest BCUT2D eigenvalue weighted by atomic mass is 16.5. The zero-order chi connectivity index (χ0) is 23.5. The summed E-state index contributed by atoms with van der Waals surface area (Å²) >= 11 is 0. The second kappa shape index (κ2) is 17.6. The maximum atomic E-state index is 11.3. The molecule has 0 unspecified atom stereocenters. The standard InChI is InChI=1S/C27H46NO4/c1-4-5-6-7-8-9-10-11-12-16-19-28(20-22-31-25(2)29,21-23-32-26(3)30)24-27-17-14-13-15-18-27/h13-15,17-18H,4-12,16,19-24H2,1-3H3/q+1. The van der Waals surface area contributed by atoms with Crippen LogP contribution in [0.4, 0.5) is 0 Å². The van der Waals surface area contributed by atoms with E-state index in [4.69, 9.17) is 9.47 Å². The van der Waals surface area contributed by atoms with E-state index < -0.39 is 0 Å². The number of quaternary nitrogens is 1. The number of hydrogen-bond donors (Lipinski definition) is 0. The Hall–Kier alpha value is -1.88. The third kappa shape index (κ3) is 14.2. The van der Waals surface area contributed by atoms with E-state index in [2.05, 4.69) is 31.2 Å². The lowest BCUT2D eigenvalue weighted by molar-refractivity contribution is -0.941. The molecule has 182 valence electrons. The van der Waals surface area contributed by atoms with E-state index >= 15 is 0 Å². The number of carbonyl (C=O) groups is 2. The van der Waals surface area contributed by atoms with Gasteiger partial charge in [-0.25, -0.2) is 0 Å². The molecule has 5 heteroatoms. The van der Waals surface area contributed by atoms with Crippen LogP contribution in [0.5, 0.6) is 0 Å². The molecule has 0 atom stereocenters. The molecule has 1 rings (SSSR count). The number of rotatable bonds is 19. The van der Waals surface area contributed by atoms with E-state index in [9.17, 15) is 9.59 Å². The highest BCUT2D eigenvalue weighted by molar-refractivity contribution is 5.66. The summed E-state index contributed by atoms with van der Waals surface area (Å²) in [7, 11) is 0. The van der Waals surface area contributed by atoms with Crippen LogP contribution in [0, 0.1) is 0 Å². The highest BCUT2D eigenvalue weighted by Crippen LogP contribution is 2.18. The number of esters is 2. The topological polar surface area (TPSA) is 52.6 Å². The number of carbonyl (C=O) groups excluding carboxylic acids is 2. The van der Waals surface area contributed by atoms with Gasteiger partial charge in [0.2, 0.25) is 0 Å². The van der Waals surface area contributed by atoms with Crippen LogP contribution in [0.15, 0.2) is 30.3 Å². The van der Waals surface area contributed by atoms with Crippen molar-refractivity contribution < 1.29 is 23.5 Å². The van der Waals surface area contributed by atoms with Gasteiger partial charge in [0.15, 0.2) is 0 Å². The van der Waals surface area contributed by atoms with E-state index in [1.807, 2.05) is 6.07 Å². The Balaban J connectivity index is 2.61. The predicted molar refractivity (Wildman–Crippen MR) is 130 cm³/mol. The zero-order valence-electron chi connectivity index (χ0n) is 20.8. The molecule has 0 heterocycles. The molecule has 0 aliphatic rings. The average Bonchev–Trinajstić information content (AvgIpc) is 2.75. The lowest BCUT2D eigenvalue weighted by atomic mass is 10.1. The molecule has 0 fully saturated rings. The van der Waals surface area contributed by atoms with Gasteiger partial charge in [-0.2, -0.15) is 0 Å². The van der Waals surface area contributed by atoms with E-state index in [0.717, 1.165) is 37.1 Å². The summed E-state index contributed by atoms with van der Waals surface area (Å²) in [5, 5.41) is 0. The number of ether oxygens (including phenoxy) is 2. The zero-order valence-corrected chi connectivity index (χ0v) is 20.8. The molecule has 0 aliphatic heterocycles. The Morgan fingerprint density at radius 1 is 0.688 bits per heavy atom. The molecular formula is C27H46NO4+. The summed E-state index contributed by atoms with van der Waals surface area (Å²) in [5.74, 6) is -0.497. The molecule has 0 N–H and O–H groups in total. The fraction of sp³-hybridized carbons (Fsp3) is 0.704. The molecule has 0 saturated heterocycles. The molecule has 1 aromatic rings. The molecule has 0 aromatic heterocycles. The van der Waals surface area contributed by atoms with Crippen LogP contribution in [0.1, 0.15) is 90.5 Å². The maximum Gasteiger partial charge on any atom is 0.302 e. The predicted octanol–water partition coefficient (Wildman–Crippen LogP) is 6.05.